The third-order valence-electron chi connectivity index (χ3n) is 4.94. The van der Waals surface area contributed by atoms with Crippen LogP contribution in [-0.2, 0) is 18.5 Å². The summed E-state index contributed by atoms with van der Waals surface area (Å²) in [5.41, 5.74) is 9.16. The van der Waals surface area contributed by atoms with Crippen molar-refractivity contribution in [2.24, 2.45) is 0 Å². The van der Waals surface area contributed by atoms with Crippen LogP contribution in [0.1, 0.15) is 44.5 Å². The number of alkyl halides is 1. The zero-order valence-corrected chi connectivity index (χ0v) is 27.4. The minimum Gasteiger partial charge on any atom is -0.508 e. The maximum absolute atomic E-state index is 9.12. The van der Waals surface area contributed by atoms with Crippen LogP contribution in [0.3, 0.4) is 0 Å². The number of phenols is 1. The van der Waals surface area contributed by atoms with Gasteiger partial charge >= 0.3 is 0 Å². The molecule has 3 nitrogen and oxygen atoms in total. The van der Waals surface area contributed by atoms with E-state index in [4.69, 9.17) is 15.3 Å². The second-order valence-corrected chi connectivity index (χ2v) is 23.5. The third kappa shape index (κ3) is 15.0. The predicted octanol–water partition coefficient (Wildman–Crippen LogP) is 9.58. The molecule has 34 heavy (non-hydrogen) atoms. The first kappa shape index (κ1) is 33.7. The molecule has 3 aromatic carbocycles. The normalized spacial score (nSPS) is 9.76. The van der Waals surface area contributed by atoms with Gasteiger partial charge in [0.05, 0.1) is 13.2 Å². The molecule has 188 valence electrons. The van der Waals surface area contributed by atoms with E-state index in [2.05, 4.69) is 108 Å². The van der Waals surface area contributed by atoms with Gasteiger partial charge in [-0.1, -0.05) is 64.5 Å². The van der Waals surface area contributed by atoms with Crippen LogP contribution >= 0.6 is 66.4 Å². The zero-order valence-electron chi connectivity index (χ0n) is 20.1. The number of aromatic hydroxyl groups is 1. The fraction of sp³-hybridized carbons (Fsp3) is 0.308. The molecule has 0 saturated heterocycles. The Balaban J connectivity index is 0.000000445. The number of aliphatic hydroxyl groups excluding tert-OH is 2. The molecule has 0 heterocycles. The highest BCUT2D eigenvalue weighted by Crippen LogP contribution is 2.59. The SMILES string of the molecule is BrP(Br)Br.Cc1ccc(CBr)cc1C.Cc1ccc(CO)cc1C.Cc1ccc(CO)cc1O. The molecule has 0 unspecified atom stereocenters. The maximum Gasteiger partial charge on any atom is 0.118 e. The van der Waals surface area contributed by atoms with Gasteiger partial charge in [-0.15, -0.1) is 0 Å². The number of hydrogen-bond acceptors (Lipinski definition) is 3. The highest BCUT2D eigenvalue weighted by atomic mass is 80.0. The number of phenolic OH excluding ortho intramolecular Hbond substituents is 1. The Morgan fingerprint density at radius 1 is 0.588 bits per heavy atom. The number of halogens is 4. The molecule has 0 aliphatic heterocycles. The molecule has 0 radical (unpaired) electrons. The summed E-state index contributed by atoms with van der Waals surface area (Å²) in [7, 11) is 0. The van der Waals surface area contributed by atoms with E-state index in [1.165, 1.54) is 27.8 Å². The summed E-state index contributed by atoms with van der Waals surface area (Å²) in [4.78, 5) is 0. The van der Waals surface area contributed by atoms with Gasteiger partial charge in [0, 0.05) is 5.33 Å². The smallest absolute Gasteiger partial charge is 0.118 e. The second-order valence-electron chi connectivity index (χ2n) is 7.60. The fourth-order valence-corrected chi connectivity index (χ4v) is 2.89. The lowest BCUT2D eigenvalue weighted by molar-refractivity contribution is 0.281. The van der Waals surface area contributed by atoms with E-state index >= 15 is 0 Å². The Kier molecular flexibility index (Phi) is 18.8. The zero-order chi connectivity index (χ0) is 26.3. The summed E-state index contributed by atoms with van der Waals surface area (Å²) >= 11 is 12.9. The minimum absolute atomic E-state index is 0.0200. The van der Waals surface area contributed by atoms with Crippen molar-refractivity contribution in [2.75, 3.05) is 0 Å². The Labute approximate surface area is 238 Å². The average Bonchev–Trinajstić information content (AvgIpc) is 2.80. The van der Waals surface area contributed by atoms with E-state index in [9.17, 15) is 0 Å². The largest absolute Gasteiger partial charge is 0.508 e. The van der Waals surface area contributed by atoms with Crippen LogP contribution < -0.4 is 0 Å². The van der Waals surface area contributed by atoms with Gasteiger partial charge in [-0.05, 0) is 132 Å². The topological polar surface area (TPSA) is 60.7 Å². The quantitative estimate of drug-likeness (QED) is 0.185. The summed E-state index contributed by atoms with van der Waals surface area (Å²) in [6.45, 7) is 10.3. The summed E-state index contributed by atoms with van der Waals surface area (Å²) in [5, 5.41) is 27.5. The molecule has 0 bridgehead atoms. The van der Waals surface area contributed by atoms with Gasteiger partial charge in [0.25, 0.3) is 0 Å². The lowest BCUT2D eigenvalue weighted by Gasteiger charge is -2.00. The summed E-state index contributed by atoms with van der Waals surface area (Å²) < 4.78 is -0.183. The van der Waals surface area contributed by atoms with Gasteiger partial charge in [-0.3, -0.25) is 0 Å². The highest BCUT2D eigenvalue weighted by Gasteiger charge is 1.96. The van der Waals surface area contributed by atoms with E-state index in [0.29, 0.717) is 0 Å². The van der Waals surface area contributed by atoms with Crippen molar-refractivity contribution in [2.45, 2.75) is 53.2 Å². The molecular weight excluding hydrogens is 711 g/mol. The molecule has 0 aliphatic carbocycles. The first-order valence-electron chi connectivity index (χ1n) is 10.4. The summed E-state index contributed by atoms with van der Waals surface area (Å²) in [6.07, 6.45) is 0. The highest BCUT2D eigenvalue weighted by molar-refractivity contribution is 9.93. The lowest BCUT2D eigenvalue weighted by Crippen LogP contribution is -1.86. The van der Waals surface area contributed by atoms with Gasteiger partial charge in [0.15, 0.2) is 0 Å². The number of benzene rings is 3. The standard InChI is InChI=1S/C9H11Br.C9H12O.C8H10O2.Br3P/c2*1-7-3-4-9(6-10)5-8(7)2;1-6-2-3-7(5-9)4-8(6)10;1-4(2)3/h3-5H,6H2,1-2H3;3-5,10H,6H2,1-2H3;2-4,9-10H,5H2,1H3;. The van der Waals surface area contributed by atoms with Crippen molar-refractivity contribution < 1.29 is 15.3 Å². The molecule has 3 aromatic rings. The molecule has 0 atom stereocenters. The van der Waals surface area contributed by atoms with Gasteiger partial charge in [0.2, 0.25) is 0 Å². The molecule has 0 saturated carbocycles. The monoisotopic (exact) mass is 740 g/mol. The summed E-state index contributed by atoms with van der Waals surface area (Å²) in [6, 6.07) is 17.6. The first-order valence-corrected chi connectivity index (χ1v) is 18.9. The van der Waals surface area contributed by atoms with Crippen molar-refractivity contribution in [3.05, 3.63) is 99.1 Å². The van der Waals surface area contributed by atoms with E-state index in [1.807, 2.05) is 25.1 Å². The van der Waals surface area contributed by atoms with Gasteiger partial charge in [-0.2, -0.15) is 0 Å². The van der Waals surface area contributed by atoms with Gasteiger partial charge in [0.1, 0.15) is 9.78 Å². The fourth-order valence-electron chi connectivity index (χ4n) is 2.54. The number of rotatable bonds is 3. The van der Waals surface area contributed by atoms with Crippen LogP contribution in [0.4, 0.5) is 0 Å². The summed E-state index contributed by atoms with van der Waals surface area (Å²) in [5.74, 6) is 0.242. The van der Waals surface area contributed by atoms with E-state index < -0.39 is 0 Å². The van der Waals surface area contributed by atoms with Crippen LogP contribution in [0.2, 0.25) is 0 Å². The van der Waals surface area contributed by atoms with Crippen LogP contribution in [0.5, 0.6) is 5.75 Å². The van der Waals surface area contributed by atoms with E-state index in [1.54, 1.807) is 18.2 Å². The third-order valence-corrected chi connectivity index (χ3v) is 5.58. The van der Waals surface area contributed by atoms with Crippen LogP contribution in [0, 0.1) is 34.6 Å². The van der Waals surface area contributed by atoms with Crippen LogP contribution in [0.25, 0.3) is 0 Å². The van der Waals surface area contributed by atoms with Crippen molar-refractivity contribution in [3.63, 3.8) is 0 Å². The Hall–Kier alpha value is -0.270. The molecule has 3 N–H and O–H groups in total. The molecule has 0 amide bonds. The Bertz CT molecular complexity index is 873. The second kappa shape index (κ2) is 18.9. The molecule has 0 aliphatic rings. The molecule has 0 fully saturated rings. The van der Waals surface area contributed by atoms with E-state index in [-0.39, 0.29) is 23.0 Å². The van der Waals surface area contributed by atoms with E-state index in [0.717, 1.165) is 22.0 Å². The number of aliphatic hydroxyl groups is 2. The molecule has 3 rings (SSSR count). The van der Waals surface area contributed by atoms with Crippen molar-refractivity contribution in [1.29, 1.82) is 0 Å². The lowest BCUT2D eigenvalue weighted by atomic mass is 10.1. The van der Waals surface area contributed by atoms with Gasteiger partial charge < -0.3 is 15.3 Å². The predicted molar refractivity (Wildman–Crippen MR) is 163 cm³/mol. The van der Waals surface area contributed by atoms with Crippen molar-refractivity contribution >= 4 is 66.4 Å². The maximum atomic E-state index is 9.12. The van der Waals surface area contributed by atoms with Crippen LogP contribution in [0.15, 0.2) is 54.6 Å². The Morgan fingerprint density at radius 2 is 0.941 bits per heavy atom. The van der Waals surface area contributed by atoms with Crippen molar-refractivity contribution in [1.82, 2.24) is 0 Å². The molecule has 8 heteroatoms. The Morgan fingerprint density at radius 3 is 1.29 bits per heavy atom. The molecular formula is C26H33Br4O3P. The average molecular weight is 744 g/mol. The number of hydrogen-bond donors (Lipinski definition) is 3. The van der Waals surface area contributed by atoms with Crippen molar-refractivity contribution in [3.8, 4) is 5.75 Å². The molecule has 0 aromatic heterocycles. The first-order chi connectivity index (χ1) is 15.9. The number of aryl methyl sites for hydroxylation is 5. The van der Waals surface area contributed by atoms with Crippen LogP contribution in [-0.4, -0.2) is 15.3 Å². The minimum atomic E-state index is -0.183. The molecule has 0 spiro atoms. The van der Waals surface area contributed by atoms with Gasteiger partial charge in [-0.25, -0.2) is 0 Å².